The molecule has 0 aliphatic rings. The molecule has 3 nitrogen and oxygen atoms in total. The van der Waals surface area contributed by atoms with E-state index < -0.39 is 0 Å². The van der Waals surface area contributed by atoms with Crippen molar-refractivity contribution in [2.75, 3.05) is 18.9 Å². The number of hydrogen-bond acceptors (Lipinski definition) is 3. The Morgan fingerprint density at radius 1 is 1.15 bits per heavy atom. The number of nitrogens with zero attached hydrogens (tertiary/aromatic N) is 1. The van der Waals surface area contributed by atoms with Crippen LogP contribution in [0.5, 0.6) is 0 Å². The lowest BCUT2D eigenvalue weighted by Crippen LogP contribution is -2.05. The minimum Gasteiger partial charge on any atom is -0.380 e. The molecule has 0 spiro atoms. The van der Waals surface area contributed by atoms with E-state index in [9.17, 15) is 0 Å². The quantitative estimate of drug-likeness (QED) is 0.756. The highest BCUT2D eigenvalue weighted by atomic mass is 14.9. The summed E-state index contributed by atoms with van der Waals surface area (Å²) >= 11 is 0. The van der Waals surface area contributed by atoms with Crippen LogP contribution in [-0.4, -0.2) is 18.6 Å². The monoisotopic (exact) mass is 267 g/mol. The van der Waals surface area contributed by atoms with Crippen LogP contribution in [0.1, 0.15) is 17.5 Å². The first-order chi connectivity index (χ1) is 9.88. The first-order valence-corrected chi connectivity index (χ1v) is 6.92. The van der Waals surface area contributed by atoms with Crippen molar-refractivity contribution in [3.8, 4) is 0 Å². The van der Waals surface area contributed by atoms with Gasteiger partial charge in [-0.15, -0.1) is 0 Å². The minimum absolute atomic E-state index is 0.815. The van der Waals surface area contributed by atoms with Gasteiger partial charge in [-0.05, 0) is 37.2 Å². The lowest BCUT2D eigenvalue weighted by molar-refractivity contribution is 0.809. The summed E-state index contributed by atoms with van der Waals surface area (Å²) in [7, 11) is 1.96. The van der Waals surface area contributed by atoms with E-state index in [-0.39, 0.29) is 0 Å². The van der Waals surface area contributed by atoms with E-state index in [1.807, 2.05) is 25.5 Å². The molecule has 0 radical (unpaired) electrons. The number of benzene rings is 1. The van der Waals surface area contributed by atoms with Gasteiger partial charge in [-0.1, -0.05) is 42.5 Å². The minimum atomic E-state index is 0.815. The second kappa shape index (κ2) is 8.12. The molecule has 0 bridgehead atoms. The average molecular weight is 267 g/mol. The van der Waals surface area contributed by atoms with Gasteiger partial charge in [0.05, 0.1) is 5.69 Å². The Labute approximate surface area is 120 Å². The largest absolute Gasteiger partial charge is 0.380 e. The molecule has 0 saturated carbocycles. The van der Waals surface area contributed by atoms with E-state index in [1.54, 1.807) is 0 Å². The molecule has 3 heteroatoms. The molecule has 0 aliphatic heterocycles. The van der Waals surface area contributed by atoms with Crippen molar-refractivity contribution < 1.29 is 0 Å². The first-order valence-electron chi connectivity index (χ1n) is 6.92. The fourth-order valence-corrected chi connectivity index (χ4v) is 1.89. The van der Waals surface area contributed by atoms with Gasteiger partial charge in [0.15, 0.2) is 0 Å². The van der Waals surface area contributed by atoms with Crippen LogP contribution >= 0.6 is 0 Å². The second-order valence-electron chi connectivity index (χ2n) is 4.64. The molecule has 0 amide bonds. The molecule has 0 aliphatic carbocycles. The van der Waals surface area contributed by atoms with Crippen LogP contribution in [0.15, 0.2) is 54.9 Å². The third kappa shape index (κ3) is 4.86. The van der Waals surface area contributed by atoms with Gasteiger partial charge in [0.2, 0.25) is 0 Å². The number of pyridine rings is 1. The predicted octanol–water partition coefficient (Wildman–Crippen LogP) is 3.32. The Morgan fingerprint density at radius 3 is 2.80 bits per heavy atom. The Morgan fingerprint density at radius 2 is 2.00 bits per heavy atom. The van der Waals surface area contributed by atoms with Crippen molar-refractivity contribution >= 4 is 11.8 Å². The Bertz CT molecular complexity index is 535. The Balaban J connectivity index is 1.90. The number of rotatable bonds is 7. The van der Waals surface area contributed by atoms with Gasteiger partial charge in [0.25, 0.3) is 0 Å². The summed E-state index contributed by atoms with van der Waals surface area (Å²) in [5, 5.41) is 6.52. The van der Waals surface area contributed by atoms with E-state index in [1.165, 1.54) is 5.56 Å². The lowest BCUT2D eigenvalue weighted by Gasteiger charge is -2.06. The highest BCUT2D eigenvalue weighted by molar-refractivity contribution is 5.55. The van der Waals surface area contributed by atoms with E-state index in [2.05, 4.69) is 58.1 Å². The molecule has 0 fully saturated rings. The lowest BCUT2D eigenvalue weighted by atomic mass is 10.2. The van der Waals surface area contributed by atoms with Gasteiger partial charge in [0.1, 0.15) is 0 Å². The fraction of sp³-hybridized carbons (Fsp3) is 0.235. The summed E-state index contributed by atoms with van der Waals surface area (Å²) < 4.78 is 0. The smallest absolute Gasteiger partial charge is 0.0535 e. The molecule has 2 rings (SSSR count). The number of anilines is 1. The van der Waals surface area contributed by atoms with Gasteiger partial charge in [-0.25, -0.2) is 0 Å². The molecule has 1 aromatic heterocycles. The third-order valence-electron chi connectivity index (χ3n) is 2.97. The molecule has 20 heavy (non-hydrogen) atoms. The average Bonchev–Trinajstić information content (AvgIpc) is 2.51. The molecule has 1 heterocycles. The maximum absolute atomic E-state index is 4.27. The van der Waals surface area contributed by atoms with Crippen LogP contribution in [0.3, 0.4) is 0 Å². The maximum Gasteiger partial charge on any atom is 0.0535 e. The summed E-state index contributed by atoms with van der Waals surface area (Å²) in [6.07, 6.45) is 9.03. The predicted molar refractivity (Wildman–Crippen MR) is 85.6 cm³/mol. The normalized spacial score (nSPS) is 10.8. The first kappa shape index (κ1) is 14.3. The molecular formula is C17H21N3. The van der Waals surface area contributed by atoms with Crippen LogP contribution in [0.4, 0.5) is 5.69 Å². The highest BCUT2D eigenvalue weighted by Gasteiger charge is 1.95. The fourth-order valence-electron chi connectivity index (χ4n) is 1.89. The van der Waals surface area contributed by atoms with Crippen molar-refractivity contribution in [2.45, 2.75) is 13.0 Å². The number of aromatic nitrogens is 1. The summed E-state index contributed by atoms with van der Waals surface area (Å²) in [6.45, 7) is 1.81. The van der Waals surface area contributed by atoms with Gasteiger partial charge >= 0.3 is 0 Å². The van der Waals surface area contributed by atoms with Crippen molar-refractivity contribution in [3.05, 3.63) is 66.0 Å². The van der Waals surface area contributed by atoms with Crippen molar-refractivity contribution in [1.29, 1.82) is 0 Å². The van der Waals surface area contributed by atoms with Gasteiger partial charge in [0, 0.05) is 18.9 Å². The van der Waals surface area contributed by atoms with Crippen LogP contribution in [0, 0.1) is 0 Å². The van der Waals surface area contributed by atoms with Crippen LogP contribution < -0.4 is 10.6 Å². The molecule has 104 valence electrons. The number of nitrogens with one attached hydrogen (secondary N) is 2. The van der Waals surface area contributed by atoms with Crippen molar-refractivity contribution in [2.24, 2.45) is 0 Å². The molecule has 0 atom stereocenters. The van der Waals surface area contributed by atoms with Crippen molar-refractivity contribution in [3.63, 3.8) is 0 Å². The third-order valence-corrected chi connectivity index (χ3v) is 2.97. The van der Waals surface area contributed by atoms with E-state index >= 15 is 0 Å². The standard InChI is InChI=1S/C17H21N3/c1-18-10-6-5-9-16-11-17(14-19-12-16)20-13-15-7-3-2-4-8-15/h2-5,7-9,11-12,14,18,20H,6,10,13H2,1H3/b9-5+. The van der Waals surface area contributed by atoms with Crippen molar-refractivity contribution in [1.82, 2.24) is 10.3 Å². The molecule has 2 aromatic rings. The molecule has 0 saturated heterocycles. The SMILES string of the molecule is CNCC/C=C/c1cncc(NCc2ccccc2)c1. The Hall–Kier alpha value is -2.13. The Kier molecular flexibility index (Phi) is 5.80. The van der Waals surface area contributed by atoms with Gasteiger partial charge < -0.3 is 10.6 Å². The van der Waals surface area contributed by atoms with E-state index in [4.69, 9.17) is 0 Å². The summed E-state index contributed by atoms with van der Waals surface area (Å²) in [5.74, 6) is 0. The number of hydrogen-bond donors (Lipinski definition) is 2. The van der Waals surface area contributed by atoms with E-state index in [0.717, 1.165) is 30.8 Å². The summed E-state index contributed by atoms with van der Waals surface area (Å²) in [6, 6.07) is 12.5. The zero-order chi connectivity index (χ0) is 14.0. The van der Waals surface area contributed by atoms with Crippen LogP contribution in [0.25, 0.3) is 6.08 Å². The maximum atomic E-state index is 4.27. The van der Waals surface area contributed by atoms with Gasteiger partial charge in [-0.2, -0.15) is 0 Å². The molecule has 0 unspecified atom stereocenters. The summed E-state index contributed by atoms with van der Waals surface area (Å²) in [4.78, 5) is 4.27. The van der Waals surface area contributed by atoms with Gasteiger partial charge in [-0.3, -0.25) is 4.98 Å². The topological polar surface area (TPSA) is 37.0 Å². The zero-order valence-corrected chi connectivity index (χ0v) is 11.8. The van der Waals surface area contributed by atoms with Crippen LogP contribution in [-0.2, 0) is 6.54 Å². The van der Waals surface area contributed by atoms with Crippen LogP contribution in [0.2, 0.25) is 0 Å². The zero-order valence-electron chi connectivity index (χ0n) is 11.8. The molecule has 1 aromatic carbocycles. The second-order valence-corrected chi connectivity index (χ2v) is 4.64. The molecule has 2 N–H and O–H groups in total. The molecular weight excluding hydrogens is 246 g/mol. The summed E-state index contributed by atoms with van der Waals surface area (Å²) in [5.41, 5.74) is 3.44. The van der Waals surface area contributed by atoms with E-state index in [0.29, 0.717) is 0 Å². The highest BCUT2D eigenvalue weighted by Crippen LogP contribution is 2.11.